The molecule has 2 rings (SSSR count). The van der Waals surface area contributed by atoms with Crippen LogP contribution in [0.25, 0.3) is 0 Å². The maximum atomic E-state index is 5.46. The Morgan fingerprint density at radius 2 is 2.07 bits per heavy atom. The van der Waals surface area contributed by atoms with Crippen LogP contribution in [0.15, 0.2) is 0 Å². The van der Waals surface area contributed by atoms with Crippen LogP contribution >= 0.6 is 0 Å². The van der Waals surface area contributed by atoms with Crippen LogP contribution in [0, 0.1) is 11.3 Å². The van der Waals surface area contributed by atoms with E-state index in [2.05, 4.69) is 31.0 Å². The Bertz CT molecular complexity index is 200. The second-order valence-electron chi connectivity index (χ2n) is 6.01. The molecule has 2 aliphatic heterocycles. The number of hydrogen-bond acceptors (Lipinski definition) is 3. The number of morpholine rings is 1. The zero-order valence-electron chi connectivity index (χ0n) is 10.3. The van der Waals surface area contributed by atoms with Crippen molar-refractivity contribution in [2.24, 2.45) is 11.3 Å². The van der Waals surface area contributed by atoms with Gasteiger partial charge < -0.3 is 15.0 Å². The third kappa shape index (κ3) is 2.92. The Labute approximate surface area is 93.2 Å². The van der Waals surface area contributed by atoms with Crippen LogP contribution in [0.3, 0.4) is 0 Å². The lowest BCUT2D eigenvalue weighted by Crippen LogP contribution is -2.57. The van der Waals surface area contributed by atoms with E-state index in [1.54, 1.807) is 0 Å². The second kappa shape index (κ2) is 4.40. The fourth-order valence-electron chi connectivity index (χ4n) is 2.32. The van der Waals surface area contributed by atoms with Crippen molar-refractivity contribution in [3.05, 3.63) is 0 Å². The van der Waals surface area contributed by atoms with E-state index in [0.29, 0.717) is 11.5 Å². The molecule has 0 aromatic heterocycles. The van der Waals surface area contributed by atoms with Crippen LogP contribution in [-0.2, 0) is 4.74 Å². The summed E-state index contributed by atoms with van der Waals surface area (Å²) in [5, 5.41) is 3.51. The van der Waals surface area contributed by atoms with E-state index in [9.17, 15) is 0 Å². The maximum Gasteiger partial charge on any atom is 0.0632 e. The van der Waals surface area contributed by atoms with Crippen LogP contribution in [-0.4, -0.2) is 50.3 Å². The van der Waals surface area contributed by atoms with Crippen molar-refractivity contribution < 1.29 is 4.74 Å². The first-order chi connectivity index (χ1) is 7.05. The van der Waals surface area contributed by atoms with Crippen molar-refractivity contribution >= 4 is 0 Å². The van der Waals surface area contributed by atoms with Gasteiger partial charge in [-0.2, -0.15) is 0 Å². The molecule has 88 valence electrons. The highest BCUT2D eigenvalue weighted by atomic mass is 16.5. The van der Waals surface area contributed by atoms with Crippen molar-refractivity contribution in [3.8, 4) is 0 Å². The molecule has 0 bridgehead atoms. The van der Waals surface area contributed by atoms with Gasteiger partial charge in [0.1, 0.15) is 0 Å². The van der Waals surface area contributed by atoms with Crippen molar-refractivity contribution in [1.29, 1.82) is 0 Å². The number of likely N-dealkylation sites (tertiary alicyclic amines) is 1. The van der Waals surface area contributed by atoms with E-state index in [1.165, 1.54) is 13.1 Å². The molecule has 0 saturated carbocycles. The Balaban J connectivity index is 1.67. The summed E-state index contributed by atoms with van der Waals surface area (Å²) in [6.45, 7) is 13.5. The van der Waals surface area contributed by atoms with Crippen LogP contribution in [0.1, 0.15) is 20.8 Å². The van der Waals surface area contributed by atoms with Gasteiger partial charge in [0.25, 0.3) is 0 Å². The van der Waals surface area contributed by atoms with Crippen molar-refractivity contribution in [2.75, 3.05) is 39.4 Å². The monoisotopic (exact) mass is 212 g/mol. The number of nitrogens with one attached hydrogen (secondary N) is 1. The molecule has 0 spiro atoms. The first-order valence-corrected chi connectivity index (χ1v) is 6.09. The van der Waals surface area contributed by atoms with Crippen molar-refractivity contribution in [3.63, 3.8) is 0 Å². The highest BCUT2D eigenvalue weighted by molar-refractivity contribution is 4.90. The molecule has 1 unspecified atom stereocenters. The molecule has 3 heteroatoms. The molecule has 15 heavy (non-hydrogen) atoms. The summed E-state index contributed by atoms with van der Waals surface area (Å²) in [5.74, 6) is 0.877. The number of rotatable bonds is 2. The maximum absolute atomic E-state index is 5.46. The highest BCUT2D eigenvalue weighted by Crippen LogP contribution is 2.33. The lowest BCUT2D eigenvalue weighted by molar-refractivity contribution is -0.00260. The summed E-state index contributed by atoms with van der Waals surface area (Å²) in [7, 11) is 0. The fourth-order valence-corrected chi connectivity index (χ4v) is 2.32. The lowest BCUT2D eigenvalue weighted by Gasteiger charge is -2.47. The molecule has 0 amide bonds. The number of hydrogen-bond donors (Lipinski definition) is 1. The van der Waals surface area contributed by atoms with Crippen LogP contribution in [0.5, 0.6) is 0 Å². The van der Waals surface area contributed by atoms with Gasteiger partial charge in [-0.05, 0) is 11.3 Å². The van der Waals surface area contributed by atoms with Gasteiger partial charge in [-0.3, -0.25) is 0 Å². The molecular weight excluding hydrogens is 188 g/mol. The zero-order chi connectivity index (χ0) is 10.9. The van der Waals surface area contributed by atoms with Crippen LogP contribution < -0.4 is 5.32 Å². The van der Waals surface area contributed by atoms with E-state index >= 15 is 0 Å². The largest absolute Gasteiger partial charge is 0.378 e. The quantitative estimate of drug-likeness (QED) is 0.737. The summed E-state index contributed by atoms with van der Waals surface area (Å²) in [6.07, 6.45) is 0. The van der Waals surface area contributed by atoms with Crippen LogP contribution in [0.4, 0.5) is 0 Å². The zero-order valence-corrected chi connectivity index (χ0v) is 10.3. The smallest absolute Gasteiger partial charge is 0.0632 e. The average molecular weight is 212 g/mol. The molecule has 2 fully saturated rings. The molecule has 0 aliphatic carbocycles. The Kier molecular flexibility index (Phi) is 3.33. The summed E-state index contributed by atoms with van der Waals surface area (Å²) < 4.78 is 5.46. The third-order valence-corrected chi connectivity index (χ3v) is 3.66. The first-order valence-electron chi connectivity index (χ1n) is 6.09. The van der Waals surface area contributed by atoms with Crippen molar-refractivity contribution in [2.45, 2.75) is 26.8 Å². The van der Waals surface area contributed by atoms with Gasteiger partial charge in [0.05, 0.1) is 13.2 Å². The molecule has 0 radical (unpaired) electrons. The summed E-state index contributed by atoms with van der Waals surface area (Å²) in [5.41, 5.74) is 0.479. The summed E-state index contributed by atoms with van der Waals surface area (Å²) >= 11 is 0. The van der Waals surface area contributed by atoms with Gasteiger partial charge in [0.2, 0.25) is 0 Å². The van der Waals surface area contributed by atoms with Gasteiger partial charge in [-0.25, -0.2) is 0 Å². The molecule has 2 heterocycles. The predicted molar refractivity (Wildman–Crippen MR) is 62.0 cm³/mol. The molecule has 0 aromatic carbocycles. The fraction of sp³-hybridized carbons (Fsp3) is 1.00. The van der Waals surface area contributed by atoms with E-state index in [1.807, 2.05) is 0 Å². The number of nitrogens with zero attached hydrogens (tertiary/aromatic N) is 1. The minimum Gasteiger partial charge on any atom is -0.378 e. The third-order valence-electron chi connectivity index (χ3n) is 3.66. The highest BCUT2D eigenvalue weighted by Gasteiger charge is 2.36. The second-order valence-corrected chi connectivity index (χ2v) is 6.01. The predicted octanol–water partition coefficient (Wildman–Crippen LogP) is 0.953. The Morgan fingerprint density at radius 3 is 2.60 bits per heavy atom. The topological polar surface area (TPSA) is 24.5 Å². The summed E-state index contributed by atoms with van der Waals surface area (Å²) in [4.78, 5) is 2.54. The van der Waals surface area contributed by atoms with Crippen molar-refractivity contribution in [1.82, 2.24) is 10.2 Å². The first kappa shape index (κ1) is 11.4. The van der Waals surface area contributed by atoms with E-state index in [0.717, 1.165) is 32.2 Å². The number of ether oxygens (including phenoxy) is 1. The molecule has 3 nitrogen and oxygen atoms in total. The molecule has 2 aliphatic rings. The molecule has 2 saturated heterocycles. The summed E-state index contributed by atoms with van der Waals surface area (Å²) in [6, 6.07) is 0.555. The molecular formula is C12H24N2O. The molecule has 1 N–H and O–H groups in total. The SMILES string of the molecule is CC(C)(C)C1CN(CC2COCCN2)C1. The van der Waals surface area contributed by atoms with Gasteiger partial charge in [0.15, 0.2) is 0 Å². The van der Waals surface area contributed by atoms with Gasteiger partial charge in [-0.15, -0.1) is 0 Å². The van der Waals surface area contributed by atoms with E-state index in [-0.39, 0.29) is 0 Å². The average Bonchev–Trinajstić information content (AvgIpc) is 2.10. The van der Waals surface area contributed by atoms with Crippen LogP contribution in [0.2, 0.25) is 0 Å². The Morgan fingerprint density at radius 1 is 1.33 bits per heavy atom. The minimum atomic E-state index is 0.479. The molecule has 1 atom stereocenters. The van der Waals surface area contributed by atoms with E-state index < -0.39 is 0 Å². The van der Waals surface area contributed by atoms with Gasteiger partial charge in [0, 0.05) is 32.2 Å². The molecule has 0 aromatic rings. The lowest BCUT2D eigenvalue weighted by atomic mass is 9.76. The normalized spacial score (nSPS) is 30.2. The van der Waals surface area contributed by atoms with Gasteiger partial charge >= 0.3 is 0 Å². The van der Waals surface area contributed by atoms with Gasteiger partial charge in [-0.1, -0.05) is 20.8 Å². The Hall–Kier alpha value is -0.120. The van der Waals surface area contributed by atoms with E-state index in [4.69, 9.17) is 4.74 Å². The minimum absolute atomic E-state index is 0.479. The standard InChI is InChI=1S/C12H24N2O/c1-12(2,3)10-6-14(7-10)8-11-9-15-5-4-13-11/h10-11,13H,4-9H2,1-3H3.